The predicted molar refractivity (Wildman–Crippen MR) is 86.6 cm³/mol. The molecule has 0 radical (unpaired) electrons. The van der Waals surface area contributed by atoms with Gasteiger partial charge in [-0.3, -0.25) is 9.59 Å². The van der Waals surface area contributed by atoms with Gasteiger partial charge in [-0.2, -0.15) is 0 Å². The number of benzene rings is 1. The number of amides is 1. The molecule has 126 valence electrons. The Morgan fingerprint density at radius 1 is 1.26 bits per heavy atom. The molecule has 0 aliphatic heterocycles. The second kappa shape index (κ2) is 8.44. The highest BCUT2D eigenvalue weighted by Gasteiger charge is 2.20. The molecule has 1 amide bonds. The first kappa shape index (κ1) is 18.9. The number of rotatable bonds is 7. The fourth-order valence-electron chi connectivity index (χ4n) is 1.59. The Kier molecular flexibility index (Phi) is 6.92. The Balaban J connectivity index is 2.51. The van der Waals surface area contributed by atoms with Crippen molar-refractivity contribution in [2.75, 3.05) is 20.6 Å². The lowest BCUT2D eigenvalue weighted by molar-refractivity contribution is -0.156. The topological polar surface area (TPSA) is 92.8 Å². The highest BCUT2D eigenvalue weighted by Crippen LogP contribution is 2.03. The zero-order valence-electron chi connectivity index (χ0n) is 13.2. The van der Waals surface area contributed by atoms with Gasteiger partial charge in [0.2, 0.25) is 10.0 Å². The second-order valence-electron chi connectivity index (χ2n) is 4.94. The third kappa shape index (κ3) is 7.07. The maximum absolute atomic E-state index is 11.8. The van der Waals surface area contributed by atoms with Crippen molar-refractivity contribution in [2.24, 2.45) is 0 Å². The first-order valence-corrected chi connectivity index (χ1v) is 8.39. The first-order valence-electron chi connectivity index (χ1n) is 6.85. The Hall–Kier alpha value is -2.19. The molecule has 0 saturated carbocycles. The summed E-state index contributed by atoms with van der Waals surface area (Å²) in [7, 11) is -0.711. The molecule has 23 heavy (non-hydrogen) atoms. The standard InChI is InChI=1S/C15H20N2O5S/c1-12(15(19)17(2)3)22-14(18)11-16-23(20,21)10-9-13-7-5-4-6-8-13/h4-10,12,16H,11H2,1-3H3/b10-9+/t12-/m0/s1. The van der Waals surface area contributed by atoms with Crippen LogP contribution in [0.4, 0.5) is 0 Å². The SMILES string of the molecule is C[C@H](OC(=O)CNS(=O)(=O)/C=C/c1ccccc1)C(=O)N(C)C. The number of ether oxygens (including phenoxy) is 1. The molecule has 0 heterocycles. The monoisotopic (exact) mass is 340 g/mol. The Morgan fingerprint density at radius 3 is 2.43 bits per heavy atom. The van der Waals surface area contributed by atoms with E-state index in [1.54, 1.807) is 24.3 Å². The lowest BCUT2D eigenvalue weighted by Gasteiger charge is -2.17. The van der Waals surface area contributed by atoms with Crippen molar-refractivity contribution in [1.82, 2.24) is 9.62 Å². The lowest BCUT2D eigenvalue weighted by Crippen LogP contribution is -2.37. The van der Waals surface area contributed by atoms with Crippen LogP contribution in [0.1, 0.15) is 12.5 Å². The van der Waals surface area contributed by atoms with Gasteiger partial charge in [0.15, 0.2) is 6.10 Å². The fraction of sp³-hybridized carbons (Fsp3) is 0.333. The van der Waals surface area contributed by atoms with E-state index in [1.807, 2.05) is 6.07 Å². The number of sulfonamides is 1. The summed E-state index contributed by atoms with van der Waals surface area (Å²) in [5.74, 6) is -1.21. The summed E-state index contributed by atoms with van der Waals surface area (Å²) in [6, 6.07) is 8.86. The van der Waals surface area contributed by atoms with E-state index in [9.17, 15) is 18.0 Å². The smallest absolute Gasteiger partial charge is 0.321 e. The minimum absolute atomic E-state index is 0.384. The number of nitrogens with one attached hydrogen (secondary N) is 1. The van der Waals surface area contributed by atoms with Gasteiger partial charge >= 0.3 is 5.97 Å². The van der Waals surface area contributed by atoms with E-state index < -0.39 is 28.6 Å². The Morgan fingerprint density at radius 2 is 1.87 bits per heavy atom. The van der Waals surface area contributed by atoms with Gasteiger partial charge < -0.3 is 9.64 Å². The molecule has 0 saturated heterocycles. The van der Waals surface area contributed by atoms with Gasteiger partial charge in [-0.15, -0.1) is 0 Å². The lowest BCUT2D eigenvalue weighted by atomic mass is 10.2. The van der Waals surface area contributed by atoms with Gasteiger partial charge in [0.1, 0.15) is 6.54 Å². The van der Waals surface area contributed by atoms with Gasteiger partial charge in [-0.1, -0.05) is 30.3 Å². The third-order valence-corrected chi connectivity index (χ3v) is 3.79. The molecule has 0 bridgehead atoms. The molecule has 1 aromatic carbocycles. The summed E-state index contributed by atoms with van der Waals surface area (Å²) in [6.07, 6.45) is 0.438. The molecule has 0 aliphatic rings. The summed E-state index contributed by atoms with van der Waals surface area (Å²) in [5.41, 5.74) is 0.714. The Bertz CT molecular complexity index is 668. The summed E-state index contributed by atoms with van der Waals surface area (Å²) >= 11 is 0. The van der Waals surface area contributed by atoms with Crippen LogP contribution in [0.2, 0.25) is 0 Å². The minimum atomic E-state index is -3.77. The molecule has 7 nitrogen and oxygen atoms in total. The second-order valence-corrected chi connectivity index (χ2v) is 6.60. The Labute approximate surface area is 136 Å². The zero-order chi connectivity index (χ0) is 17.5. The normalized spacial score (nSPS) is 12.8. The number of carbonyl (C=O) groups excluding carboxylic acids is 2. The van der Waals surface area contributed by atoms with Gasteiger partial charge in [-0.25, -0.2) is 13.1 Å². The summed E-state index contributed by atoms with van der Waals surface area (Å²) in [6.45, 7) is 0.872. The average Bonchev–Trinajstić information content (AvgIpc) is 2.51. The van der Waals surface area contributed by atoms with Crippen molar-refractivity contribution in [3.8, 4) is 0 Å². The van der Waals surface area contributed by atoms with Crippen LogP contribution in [0, 0.1) is 0 Å². The van der Waals surface area contributed by atoms with Gasteiger partial charge in [0.25, 0.3) is 5.91 Å². The van der Waals surface area contributed by atoms with Crippen molar-refractivity contribution in [1.29, 1.82) is 0 Å². The van der Waals surface area contributed by atoms with E-state index in [2.05, 4.69) is 4.72 Å². The molecule has 0 spiro atoms. The fourth-order valence-corrected chi connectivity index (χ4v) is 2.34. The maximum atomic E-state index is 11.8. The van der Waals surface area contributed by atoms with Crippen molar-refractivity contribution in [3.05, 3.63) is 41.3 Å². The van der Waals surface area contributed by atoms with E-state index in [0.717, 1.165) is 5.41 Å². The van der Waals surface area contributed by atoms with Gasteiger partial charge in [0.05, 0.1) is 0 Å². The number of carbonyl (C=O) groups is 2. The van der Waals surface area contributed by atoms with Crippen LogP contribution in [-0.4, -0.2) is 51.9 Å². The van der Waals surface area contributed by atoms with Crippen LogP contribution in [0.25, 0.3) is 6.08 Å². The molecule has 0 aliphatic carbocycles. The predicted octanol–water partition coefficient (Wildman–Crippen LogP) is 0.597. The highest BCUT2D eigenvalue weighted by atomic mass is 32.2. The molecule has 1 rings (SSSR count). The summed E-state index contributed by atoms with van der Waals surface area (Å²) < 4.78 is 30.4. The van der Waals surface area contributed by atoms with Crippen LogP contribution >= 0.6 is 0 Å². The van der Waals surface area contributed by atoms with E-state index >= 15 is 0 Å². The van der Waals surface area contributed by atoms with Crippen molar-refractivity contribution < 1.29 is 22.7 Å². The van der Waals surface area contributed by atoms with E-state index in [4.69, 9.17) is 4.74 Å². The van der Waals surface area contributed by atoms with Crippen molar-refractivity contribution in [2.45, 2.75) is 13.0 Å². The molecule has 1 atom stereocenters. The van der Waals surface area contributed by atoms with E-state index in [0.29, 0.717) is 5.56 Å². The summed E-state index contributed by atoms with van der Waals surface area (Å²) in [4.78, 5) is 24.4. The molecule has 1 aromatic rings. The van der Waals surface area contributed by atoms with Crippen LogP contribution in [0.5, 0.6) is 0 Å². The number of hydrogen-bond donors (Lipinski definition) is 1. The minimum Gasteiger partial charge on any atom is -0.452 e. The summed E-state index contributed by atoms with van der Waals surface area (Å²) in [5, 5.41) is 0.962. The first-order chi connectivity index (χ1) is 10.7. The molecular formula is C15H20N2O5S. The molecule has 8 heteroatoms. The molecular weight excluding hydrogens is 320 g/mol. The molecule has 0 unspecified atom stereocenters. The molecule has 0 fully saturated rings. The van der Waals surface area contributed by atoms with Crippen LogP contribution in [0.3, 0.4) is 0 Å². The number of nitrogens with zero attached hydrogens (tertiary/aromatic N) is 1. The largest absolute Gasteiger partial charge is 0.452 e. The van der Waals surface area contributed by atoms with Crippen molar-refractivity contribution >= 4 is 28.0 Å². The van der Waals surface area contributed by atoms with Gasteiger partial charge in [-0.05, 0) is 18.6 Å². The van der Waals surface area contributed by atoms with Crippen LogP contribution in [0.15, 0.2) is 35.7 Å². The van der Waals surface area contributed by atoms with Crippen LogP contribution in [-0.2, 0) is 24.3 Å². The third-order valence-electron chi connectivity index (χ3n) is 2.75. The zero-order valence-corrected chi connectivity index (χ0v) is 14.0. The molecule has 0 aromatic heterocycles. The number of hydrogen-bond acceptors (Lipinski definition) is 5. The van der Waals surface area contributed by atoms with E-state index in [-0.39, 0.29) is 5.91 Å². The average molecular weight is 340 g/mol. The number of esters is 1. The van der Waals surface area contributed by atoms with Crippen molar-refractivity contribution in [3.63, 3.8) is 0 Å². The quantitative estimate of drug-likeness (QED) is 0.734. The van der Waals surface area contributed by atoms with Crippen LogP contribution < -0.4 is 4.72 Å². The highest BCUT2D eigenvalue weighted by molar-refractivity contribution is 7.92. The number of likely N-dealkylation sites (N-methyl/N-ethyl adjacent to an activating group) is 1. The molecule has 1 N–H and O–H groups in total. The van der Waals surface area contributed by atoms with E-state index in [1.165, 1.54) is 32.0 Å². The van der Waals surface area contributed by atoms with Gasteiger partial charge in [0, 0.05) is 19.5 Å². The maximum Gasteiger partial charge on any atom is 0.321 e.